The maximum absolute atomic E-state index is 12.3. The van der Waals surface area contributed by atoms with Crippen LogP contribution in [0.15, 0.2) is 24.3 Å². The Morgan fingerprint density at radius 3 is 2.09 bits per heavy atom. The lowest BCUT2D eigenvalue weighted by Crippen LogP contribution is -2.38. The van der Waals surface area contributed by atoms with Crippen molar-refractivity contribution in [1.29, 1.82) is 0 Å². The average Bonchev–Trinajstić information content (AvgIpc) is 2.56. The molecule has 2 atom stereocenters. The summed E-state index contributed by atoms with van der Waals surface area (Å²) in [5, 5.41) is 0. The Balaban J connectivity index is 1.99. The lowest BCUT2D eigenvalue weighted by Gasteiger charge is -2.31. The number of carbonyl (C=O) groups is 2. The minimum Gasteiger partial charge on any atom is -0.497 e. The smallest absolute Gasteiger partial charge is 0.338 e. The van der Waals surface area contributed by atoms with Gasteiger partial charge in [-0.25, -0.2) is 4.79 Å². The Kier molecular flexibility index (Phi) is 6.02. The van der Waals surface area contributed by atoms with E-state index in [1.54, 1.807) is 45.2 Å². The van der Waals surface area contributed by atoms with E-state index in [1.165, 1.54) is 0 Å². The third kappa shape index (κ3) is 4.71. The zero-order valence-electron chi connectivity index (χ0n) is 13.9. The normalized spacial score (nSPS) is 20.9. The number of benzene rings is 1. The van der Waals surface area contributed by atoms with Gasteiger partial charge in [0.2, 0.25) is 0 Å². The highest BCUT2D eigenvalue weighted by Crippen LogP contribution is 2.26. The second kappa shape index (κ2) is 7.99. The van der Waals surface area contributed by atoms with Crippen LogP contribution < -0.4 is 4.74 Å². The van der Waals surface area contributed by atoms with Crippen molar-refractivity contribution in [1.82, 2.24) is 0 Å². The molecule has 0 aliphatic heterocycles. The van der Waals surface area contributed by atoms with Gasteiger partial charge in [-0.15, -0.1) is 0 Å². The molecule has 1 fully saturated rings. The fraction of sp³-hybridized carbons (Fsp3) is 0.556. The van der Waals surface area contributed by atoms with Gasteiger partial charge in [-0.1, -0.05) is 13.8 Å². The highest BCUT2D eigenvalue weighted by atomic mass is 16.6. The molecule has 23 heavy (non-hydrogen) atoms. The van der Waals surface area contributed by atoms with Gasteiger partial charge in [0.15, 0.2) is 0 Å². The highest BCUT2D eigenvalue weighted by Gasteiger charge is 2.32. The maximum atomic E-state index is 12.3. The van der Waals surface area contributed by atoms with Crippen molar-refractivity contribution >= 4 is 11.9 Å². The predicted molar refractivity (Wildman–Crippen MR) is 85.4 cm³/mol. The van der Waals surface area contributed by atoms with E-state index in [9.17, 15) is 9.59 Å². The SMILES string of the molecule is COc1ccc(C(=O)O[C@@H]2CCCC[C@@H]2OC(=O)C(C)C)cc1. The van der Waals surface area contributed by atoms with E-state index in [0.29, 0.717) is 11.3 Å². The number of rotatable bonds is 5. The zero-order valence-corrected chi connectivity index (χ0v) is 13.9. The lowest BCUT2D eigenvalue weighted by atomic mass is 9.94. The van der Waals surface area contributed by atoms with E-state index in [1.807, 2.05) is 0 Å². The molecule has 0 amide bonds. The Hall–Kier alpha value is -2.04. The van der Waals surface area contributed by atoms with Crippen molar-refractivity contribution in [2.45, 2.75) is 51.7 Å². The predicted octanol–water partition coefficient (Wildman–Crippen LogP) is 3.36. The van der Waals surface area contributed by atoms with Crippen molar-refractivity contribution in [3.63, 3.8) is 0 Å². The van der Waals surface area contributed by atoms with E-state index >= 15 is 0 Å². The van der Waals surface area contributed by atoms with Crippen LogP contribution in [-0.4, -0.2) is 31.3 Å². The first-order chi connectivity index (χ1) is 11.0. The number of carbonyl (C=O) groups excluding carboxylic acids is 2. The highest BCUT2D eigenvalue weighted by molar-refractivity contribution is 5.89. The summed E-state index contributed by atoms with van der Waals surface area (Å²) in [6, 6.07) is 6.76. The molecule has 1 aliphatic carbocycles. The van der Waals surface area contributed by atoms with Crippen LogP contribution in [-0.2, 0) is 14.3 Å². The van der Waals surface area contributed by atoms with Gasteiger partial charge in [0.05, 0.1) is 18.6 Å². The van der Waals surface area contributed by atoms with E-state index in [2.05, 4.69) is 0 Å². The third-order valence-electron chi connectivity index (χ3n) is 3.97. The molecule has 0 spiro atoms. The van der Waals surface area contributed by atoms with Gasteiger partial charge in [-0.05, 0) is 49.9 Å². The van der Waals surface area contributed by atoms with Crippen molar-refractivity contribution in [2.75, 3.05) is 7.11 Å². The summed E-state index contributed by atoms with van der Waals surface area (Å²) < 4.78 is 16.2. The number of ether oxygens (including phenoxy) is 3. The quantitative estimate of drug-likeness (QED) is 0.779. The third-order valence-corrected chi connectivity index (χ3v) is 3.97. The second-order valence-electron chi connectivity index (χ2n) is 6.09. The molecule has 1 aromatic carbocycles. The van der Waals surface area contributed by atoms with Crippen molar-refractivity contribution in [3.8, 4) is 5.75 Å². The van der Waals surface area contributed by atoms with E-state index in [0.717, 1.165) is 25.7 Å². The summed E-state index contributed by atoms with van der Waals surface area (Å²) in [5.41, 5.74) is 0.463. The lowest BCUT2D eigenvalue weighted by molar-refractivity contribution is -0.161. The minimum atomic E-state index is -0.398. The number of esters is 2. The topological polar surface area (TPSA) is 61.8 Å². The number of methoxy groups -OCH3 is 1. The van der Waals surface area contributed by atoms with E-state index in [-0.39, 0.29) is 24.1 Å². The summed E-state index contributed by atoms with van der Waals surface area (Å²) in [5.74, 6) is -0.148. The summed E-state index contributed by atoms with van der Waals surface area (Å²) in [6.07, 6.45) is 2.68. The fourth-order valence-corrected chi connectivity index (χ4v) is 2.55. The molecule has 0 saturated heterocycles. The Morgan fingerprint density at radius 2 is 1.57 bits per heavy atom. The molecule has 0 aromatic heterocycles. The first-order valence-electron chi connectivity index (χ1n) is 8.06. The standard InChI is InChI=1S/C18H24O5/c1-12(2)17(19)22-15-6-4-5-7-16(15)23-18(20)13-8-10-14(21-3)11-9-13/h8-12,15-16H,4-7H2,1-3H3/t15-,16+/m0/s1. The Bertz CT molecular complexity index is 535. The molecule has 0 heterocycles. The maximum Gasteiger partial charge on any atom is 0.338 e. The van der Waals surface area contributed by atoms with Crippen LogP contribution in [0.5, 0.6) is 5.75 Å². The van der Waals surface area contributed by atoms with Gasteiger partial charge in [0, 0.05) is 0 Å². The van der Waals surface area contributed by atoms with Crippen LogP contribution in [0, 0.1) is 5.92 Å². The van der Waals surface area contributed by atoms with Gasteiger partial charge in [-0.3, -0.25) is 4.79 Å². The molecular formula is C18H24O5. The van der Waals surface area contributed by atoms with Crippen molar-refractivity contribution in [3.05, 3.63) is 29.8 Å². The van der Waals surface area contributed by atoms with Gasteiger partial charge in [0.25, 0.3) is 0 Å². The largest absolute Gasteiger partial charge is 0.497 e. The molecule has 0 radical (unpaired) electrons. The summed E-state index contributed by atoms with van der Waals surface area (Å²) in [6.45, 7) is 3.59. The van der Waals surface area contributed by atoms with Gasteiger partial charge in [0.1, 0.15) is 18.0 Å². The molecule has 5 heteroatoms. The number of hydrogen-bond acceptors (Lipinski definition) is 5. The summed E-state index contributed by atoms with van der Waals surface area (Å²) in [7, 11) is 1.57. The molecule has 1 saturated carbocycles. The average molecular weight is 320 g/mol. The summed E-state index contributed by atoms with van der Waals surface area (Å²) >= 11 is 0. The first-order valence-corrected chi connectivity index (χ1v) is 8.06. The van der Waals surface area contributed by atoms with E-state index < -0.39 is 5.97 Å². The Morgan fingerprint density at radius 1 is 1.00 bits per heavy atom. The summed E-state index contributed by atoms with van der Waals surface area (Å²) in [4.78, 5) is 24.1. The van der Waals surface area contributed by atoms with Crippen molar-refractivity contribution in [2.24, 2.45) is 5.92 Å². The van der Waals surface area contributed by atoms with Crippen LogP contribution in [0.2, 0.25) is 0 Å². The molecule has 1 aromatic rings. The van der Waals surface area contributed by atoms with Gasteiger partial charge >= 0.3 is 11.9 Å². The molecule has 126 valence electrons. The van der Waals surface area contributed by atoms with Crippen LogP contribution >= 0.6 is 0 Å². The fourth-order valence-electron chi connectivity index (χ4n) is 2.55. The van der Waals surface area contributed by atoms with Crippen LogP contribution in [0.1, 0.15) is 49.9 Å². The van der Waals surface area contributed by atoms with Gasteiger partial charge in [-0.2, -0.15) is 0 Å². The molecule has 0 N–H and O–H groups in total. The molecule has 2 rings (SSSR count). The second-order valence-corrected chi connectivity index (χ2v) is 6.09. The van der Waals surface area contributed by atoms with Crippen LogP contribution in [0.3, 0.4) is 0 Å². The van der Waals surface area contributed by atoms with Crippen LogP contribution in [0.4, 0.5) is 0 Å². The van der Waals surface area contributed by atoms with E-state index in [4.69, 9.17) is 14.2 Å². The van der Waals surface area contributed by atoms with Crippen LogP contribution in [0.25, 0.3) is 0 Å². The Labute approximate surface area is 136 Å². The zero-order chi connectivity index (χ0) is 16.8. The molecule has 1 aliphatic rings. The molecule has 0 unspecified atom stereocenters. The molecule has 5 nitrogen and oxygen atoms in total. The number of hydrogen-bond donors (Lipinski definition) is 0. The molecule has 0 bridgehead atoms. The van der Waals surface area contributed by atoms with Crippen molar-refractivity contribution < 1.29 is 23.8 Å². The van der Waals surface area contributed by atoms with Gasteiger partial charge < -0.3 is 14.2 Å². The monoisotopic (exact) mass is 320 g/mol. The minimum absolute atomic E-state index is 0.185. The first kappa shape index (κ1) is 17.3. The molecular weight excluding hydrogens is 296 g/mol.